The standard InChI is InChI=1S/C11H11N5S/c1-2-10-14-11(16-15-10)17-9-4-3-7(6-12)5-8(9)13/h3-5H,2,13H2,1H3,(H,14,15,16). The highest BCUT2D eigenvalue weighted by atomic mass is 32.2. The van der Waals surface area contributed by atoms with Crippen LogP contribution < -0.4 is 5.73 Å². The number of aromatic amines is 1. The van der Waals surface area contributed by atoms with Gasteiger partial charge < -0.3 is 5.73 Å². The normalized spacial score (nSPS) is 10.1. The fraction of sp³-hybridized carbons (Fsp3) is 0.182. The van der Waals surface area contributed by atoms with E-state index >= 15 is 0 Å². The molecule has 0 bridgehead atoms. The Balaban J connectivity index is 2.21. The second kappa shape index (κ2) is 4.89. The lowest BCUT2D eigenvalue weighted by atomic mass is 10.2. The molecule has 0 unspecified atom stereocenters. The molecule has 1 aromatic heterocycles. The van der Waals surface area contributed by atoms with Crippen LogP contribution in [0.5, 0.6) is 0 Å². The first kappa shape index (κ1) is 11.5. The minimum atomic E-state index is 0.552. The summed E-state index contributed by atoms with van der Waals surface area (Å²) in [4.78, 5) is 5.14. The predicted octanol–water partition coefficient (Wildman–Crippen LogP) is 1.97. The Kier molecular flexibility index (Phi) is 3.30. The zero-order valence-electron chi connectivity index (χ0n) is 9.27. The van der Waals surface area contributed by atoms with Gasteiger partial charge in [-0.2, -0.15) is 5.26 Å². The number of nitrogens with two attached hydrogens (primary N) is 1. The van der Waals surface area contributed by atoms with Crippen LogP contribution in [0.3, 0.4) is 0 Å². The quantitative estimate of drug-likeness (QED) is 0.807. The molecule has 86 valence electrons. The molecular formula is C11H11N5S. The van der Waals surface area contributed by atoms with Crippen molar-refractivity contribution in [2.75, 3.05) is 5.73 Å². The molecule has 17 heavy (non-hydrogen) atoms. The number of nitrogens with zero attached hydrogens (tertiary/aromatic N) is 3. The molecule has 0 saturated heterocycles. The summed E-state index contributed by atoms with van der Waals surface area (Å²) in [6.45, 7) is 2.00. The van der Waals surface area contributed by atoms with Crippen molar-refractivity contribution in [3.63, 3.8) is 0 Å². The summed E-state index contributed by atoms with van der Waals surface area (Å²) in [5.74, 6) is 0.847. The lowest BCUT2D eigenvalue weighted by Gasteiger charge is -2.01. The van der Waals surface area contributed by atoms with Gasteiger partial charge >= 0.3 is 0 Å². The van der Waals surface area contributed by atoms with Gasteiger partial charge in [0.05, 0.1) is 11.6 Å². The summed E-state index contributed by atoms with van der Waals surface area (Å²) in [6.07, 6.45) is 0.816. The smallest absolute Gasteiger partial charge is 0.213 e. The molecule has 2 aromatic rings. The topological polar surface area (TPSA) is 91.4 Å². The van der Waals surface area contributed by atoms with Crippen LogP contribution in [0.15, 0.2) is 28.3 Å². The highest BCUT2D eigenvalue weighted by Gasteiger charge is 2.07. The minimum absolute atomic E-state index is 0.552. The molecule has 6 heteroatoms. The molecule has 0 aliphatic heterocycles. The molecule has 1 heterocycles. The molecule has 3 N–H and O–H groups in total. The van der Waals surface area contributed by atoms with Gasteiger partial charge in [-0.3, -0.25) is 5.10 Å². The number of nitrogen functional groups attached to an aromatic ring is 1. The van der Waals surface area contributed by atoms with Gasteiger partial charge in [0.15, 0.2) is 0 Å². The highest BCUT2D eigenvalue weighted by molar-refractivity contribution is 7.99. The fourth-order valence-electron chi connectivity index (χ4n) is 1.29. The van der Waals surface area contributed by atoms with Gasteiger partial charge in [0, 0.05) is 17.0 Å². The minimum Gasteiger partial charge on any atom is -0.398 e. The first-order valence-electron chi connectivity index (χ1n) is 5.11. The van der Waals surface area contributed by atoms with Crippen molar-refractivity contribution >= 4 is 17.4 Å². The summed E-state index contributed by atoms with van der Waals surface area (Å²) in [7, 11) is 0. The van der Waals surface area contributed by atoms with E-state index < -0.39 is 0 Å². The Morgan fingerprint density at radius 1 is 1.53 bits per heavy atom. The first-order valence-corrected chi connectivity index (χ1v) is 5.93. The van der Waals surface area contributed by atoms with Gasteiger partial charge in [-0.25, -0.2) is 4.98 Å². The Labute approximate surface area is 103 Å². The third-order valence-electron chi connectivity index (χ3n) is 2.19. The zero-order chi connectivity index (χ0) is 12.3. The van der Waals surface area contributed by atoms with Crippen LogP contribution in [0.4, 0.5) is 5.69 Å². The van der Waals surface area contributed by atoms with Gasteiger partial charge in [-0.15, -0.1) is 5.10 Å². The van der Waals surface area contributed by atoms with Crippen LogP contribution in [0, 0.1) is 11.3 Å². The number of H-pyrrole nitrogens is 1. The molecule has 0 amide bonds. The molecule has 1 aromatic carbocycles. The van der Waals surface area contributed by atoms with Gasteiger partial charge in [-0.1, -0.05) is 6.92 Å². The van der Waals surface area contributed by atoms with E-state index in [0.717, 1.165) is 17.1 Å². The van der Waals surface area contributed by atoms with Gasteiger partial charge in [0.2, 0.25) is 5.16 Å². The first-order chi connectivity index (χ1) is 8.22. The third kappa shape index (κ3) is 2.57. The summed E-state index contributed by atoms with van der Waals surface area (Å²) >= 11 is 1.38. The monoisotopic (exact) mass is 245 g/mol. The molecule has 0 saturated carbocycles. The Bertz CT molecular complexity index is 569. The predicted molar refractivity (Wildman–Crippen MR) is 65.5 cm³/mol. The number of rotatable bonds is 3. The second-order valence-corrected chi connectivity index (χ2v) is 4.39. The van der Waals surface area contributed by atoms with E-state index in [0.29, 0.717) is 16.4 Å². The molecule has 5 nitrogen and oxygen atoms in total. The maximum atomic E-state index is 8.74. The van der Waals surface area contributed by atoms with Crippen molar-refractivity contribution in [1.82, 2.24) is 15.2 Å². The van der Waals surface area contributed by atoms with Crippen molar-refractivity contribution in [3.05, 3.63) is 29.6 Å². The van der Waals surface area contributed by atoms with Crippen LogP contribution in [0.2, 0.25) is 0 Å². The molecule has 0 atom stereocenters. The van der Waals surface area contributed by atoms with Crippen LogP contribution in [-0.2, 0) is 6.42 Å². The Morgan fingerprint density at radius 3 is 2.94 bits per heavy atom. The Morgan fingerprint density at radius 2 is 2.35 bits per heavy atom. The number of nitrogens with one attached hydrogen (secondary N) is 1. The number of anilines is 1. The third-order valence-corrected chi connectivity index (χ3v) is 3.14. The average molecular weight is 245 g/mol. The molecule has 0 spiro atoms. The van der Waals surface area contributed by atoms with E-state index in [1.165, 1.54) is 11.8 Å². The van der Waals surface area contributed by atoms with E-state index in [1.807, 2.05) is 13.0 Å². The van der Waals surface area contributed by atoms with Crippen molar-refractivity contribution in [2.24, 2.45) is 0 Å². The van der Waals surface area contributed by atoms with E-state index in [4.69, 9.17) is 11.0 Å². The molecule has 0 aliphatic carbocycles. The van der Waals surface area contributed by atoms with Gasteiger partial charge in [0.25, 0.3) is 0 Å². The summed E-state index contributed by atoms with van der Waals surface area (Å²) in [5.41, 5.74) is 6.96. The van der Waals surface area contributed by atoms with E-state index in [1.54, 1.807) is 18.2 Å². The number of aryl methyl sites for hydroxylation is 1. The maximum Gasteiger partial charge on any atom is 0.213 e. The largest absolute Gasteiger partial charge is 0.398 e. The fourth-order valence-corrected chi connectivity index (χ4v) is 2.05. The van der Waals surface area contributed by atoms with Crippen LogP contribution in [-0.4, -0.2) is 15.2 Å². The number of aromatic nitrogens is 3. The summed E-state index contributed by atoms with van der Waals surface area (Å²) < 4.78 is 0. The number of nitriles is 1. The number of benzene rings is 1. The van der Waals surface area contributed by atoms with E-state index in [-0.39, 0.29) is 0 Å². The highest BCUT2D eigenvalue weighted by Crippen LogP contribution is 2.30. The molecule has 0 aliphatic rings. The molecule has 2 rings (SSSR count). The lowest BCUT2D eigenvalue weighted by molar-refractivity contribution is 0.941. The molecule has 0 fully saturated rings. The van der Waals surface area contributed by atoms with E-state index in [2.05, 4.69) is 15.2 Å². The summed E-state index contributed by atoms with van der Waals surface area (Å²) in [6, 6.07) is 7.23. The van der Waals surface area contributed by atoms with Gasteiger partial charge in [-0.05, 0) is 30.0 Å². The molecule has 0 radical (unpaired) electrons. The van der Waals surface area contributed by atoms with Gasteiger partial charge in [0.1, 0.15) is 5.82 Å². The van der Waals surface area contributed by atoms with Crippen LogP contribution in [0.1, 0.15) is 18.3 Å². The van der Waals surface area contributed by atoms with E-state index in [9.17, 15) is 0 Å². The lowest BCUT2D eigenvalue weighted by Crippen LogP contribution is -1.90. The van der Waals surface area contributed by atoms with Crippen LogP contribution >= 0.6 is 11.8 Å². The second-order valence-electron chi connectivity index (χ2n) is 3.38. The Hall–Kier alpha value is -2.00. The van der Waals surface area contributed by atoms with Crippen LogP contribution in [0.25, 0.3) is 0 Å². The van der Waals surface area contributed by atoms with Crippen molar-refractivity contribution in [2.45, 2.75) is 23.4 Å². The zero-order valence-corrected chi connectivity index (χ0v) is 10.1. The molecular weight excluding hydrogens is 234 g/mol. The maximum absolute atomic E-state index is 8.74. The average Bonchev–Trinajstić information content (AvgIpc) is 2.79. The summed E-state index contributed by atoms with van der Waals surface area (Å²) in [5, 5.41) is 16.3. The van der Waals surface area contributed by atoms with Crippen molar-refractivity contribution in [1.29, 1.82) is 5.26 Å². The SMILES string of the molecule is CCc1nc(Sc2ccc(C#N)cc2N)n[nH]1. The van der Waals surface area contributed by atoms with Crippen molar-refractivity contribution < 1.29 is 0 Å². The number of hydrogen-bond acceptors (Lipinski definition) is 5. The van der Waals surface area contributed by atoms with Crippen molar-refractivity contribution in [3.8, 4) is 6.07 Å². The number of hydrogen-bond donors (Lipinski definition) is 2.